The van der Waals surface area contributed by atoms with E-state index in [1.807, 2.05) is 0 Å². The van der Waals surface area contributed by atoms with Crippen LogP contribution in [0.15, 0.2) is 48.5 Å². The molecule has 0 aliphatic carbocycles. The summed E-state index contributed by atoms with van der Waals surface area (Å²) in [5.41, 5.74) is 3.26. The molecule has 0 unspecified atom stereocenters. The van der Waals surface area contributed by atoms with Crippen molar-refractivity contribution in [1.29, 1.82) is 0 Å². The monoisotopic (exact) mass is 330 g/mol. The molecule has 2 aromatic carbocycles. The number of nitrogens with one attached hydrogen (secondary N) is 2. The Kier molecular flexibility index (Phi) is 6.16. The van der Waals surface area contributed by atoms with Crippen LogP contribution in [-0.4, -0.2) is 32.6 Å². The second-order valence-corrected chi connectivity index (χ2v) is 4.73. The number of carbonyl (C=O) groups is 2. The summed E-state index contributed by atoms with van der Waals surface area (Å²) in [6.07, 6.45) is 0. The van der Waals surface area contributed by atoms with Gasteiger partial charge in [0, 0.05) is 17.3 Å². The number of benzene rings is 2. The number of ether oxygens (including phenoxy) is 2. The predicted molar refractivity (Wildman–Crippen MR) is 88.0 cm³/mol. The van der Waals surface area contributed by atoms with Gasteiger partial charge in [-0.2, -0.15) is 0 Å². The molecule has 126 valence electrons. The van der Waals surface area contributed by atoms with Gasteiger partial charge in [0.25, 0.3) is 11.8 Å². The molecule has 7 heteroatoms. The summed E-state index contributed by atoms with van der Waals surface area (Å²) in [4.78, 5) is 28.0. The van der Waals surface area contributed by atoms with E-state index in [4.69, 9.17) is 9.47 Å². The van der Waals surface area contributed by atoms with Gasteiger partial charge in [0.2, 0.25) is 0 Å². The van der Waals surface area contributed by atoms with E-state index < -0.39 is 0 Å². The van der Waals surface area contributed by atoms with Gasteiger partial charge in [-0.25, -0.2) is 5.48 Å². The zero-order valence-electron chi connectivity index (χ0n) is 13.4. The van der Waals surface area contributed by atoms with Crippen molar-refractivity contribution in [1.82, 2.24) is 5.48 Å². The van der Waals surface area contributed by atoms with Crippen molar-refractivity contribution < 1.29 is 23.9 Å². The fourth-order valence-corrected chi connectivity index (χ4v) is 1.90. The summed E-state index contributed by atoms with van der Waals surface area (Å²) >= 11 is 0. The normalized spacial score (nSPS) is 9.92. The van der Waals surface area contributed by atoms with Crippen LogP contribution in [0.3, 0.4) is 0 Å². The highest BCUT2D eigenvalue weighted by Crippen LogP contribution is 2.17. The number of rotatable bonds is 7. The first kappa shape index (κ1) is 17.3. The van der Waals surface area contributed by atoms with Crippen LogP contribution in [-0.2, 0) is 9.63 Å². The van der Waals surface area contributed by atoms with Gasteiger partial charge in [-0.3, -0.25) is 14.4 Å². The van der Waals surface area contributed by atoms with Gasteiger partial charge in [0.15, 0.2) is 6.61 Å². The maximum Gasteiger partial charge on any atom is 0.274 e. The summed E-state index contributed by atoms with van der Waals surface area (Å²) in [6, 6.07) is 13.4. The van der Waals surface area contributed by atoms with Crippen LogP contribution in [0.2, 0.25) is 0 Å². The molecule has 0 heterocycles. The SMILES string of the molecule is CONC(=O)c1ccc(OCC(=O)Nc2cccc(OC)c2)cc1. The lowest BCUT2D eigenvalue weighted by Crippen LogP contribution is -2.22. The lowest BCUT2D eigenvalue weighted by Gasteiger charge is -2.09. The molecular weight excluding hydrogens is 312 g/mol. The Labute approximate surface area is 139 Å². The van der Waals surface area contributed by atoms with E-state index in [0.717, 1.165) is 0 Å². The molecule has 7 nitrogen and oxygen atoms in total. The standard InChI is InChI=1S/C17H18N2O5/c1-22-15-5-3-4-13(10-15)18-16(20)11-24-14-8-6-12(7-9-14)17(21)19-23-2/h3-10H,11H2,1-2H3,(H,18,20)(H,19,21). The van der Waals surface area contributed by atoms with Crippen LogP contribution in [0.4, 0.5) is 5.69 Å². The van der Waals surface area contributed by atoms with E-state index in [1.54, 1.807) is 55.6 Å². The van der Waals surface area contributed by atoms with Crippen LogP contribution in [0.25, 0.3) is 0 Å². The highest BCUT2D eigenvalue weighted by Gasteiger charge is 2.07. The molecule has 24 heavy (non-hydrogen) atoms. The first-order valence-corrected chi connectivity index (χ1v) is 7.12. The van der Waals surface area contributed by atoms with Crippen molar-refractivity contribution in [2.24, 2.45) is 0 Å². The summed E-state index contributed by atoms with van der Waals surface area (Å²) in [7, 11) is 2.91. The predicted octanol–water partition coefficient (Wildman–Crippen LogP) is 2.00. The Bertz CT molecular complexity index is 700. The van der Waals surface area contributed by atoms with E-state index in [9.17, 15) is 9.59 Å². The van der Waals surface area contributed by atoms with E-state index in [0.29, 0.717) is 22.7 Å². The number of hydrogen-bond donors (Lipinski definition) is 2. The van der Waals surface area contributed by atoms with Crippen LogP contribution >= 0.6 is 0 Å². The second-order valence-electron chi connectivity index (χ2n) is 4.73. The molecule has 2 rings (SSSR count). The summed E-state index contributed by atoms with van der Waals surface area (Å²) in [6.45, 7) is -0.152. The average Bonchev–Trinajstić information content (AvgIpc) is 2.61. The lowest BCUT2D eigenvalue weighted by atomic mass is 10.2. The number of hydrogen-bond acceptors (Lipinski definition) is 5. The van der Waals surface area contributed by atoms with Crippen molar-refractivity contribution in [3.05, 3.63) is 54.1 Å². The van der Waals surface area contributed by atoms with Crippen molar-refractivity contribution >= 4 is 17.5 Å². The largest absolute Gasteiger partial charge is 0.497 e. The van der Waals surface area contributed by atoms with Gasteiger partial charge in [0.05, 0.1) is 14.2 Å². The number of carbonyl (C=O) groups excluding carboxylic acids is 2. The first-order chi connectivity index (χ1) is 11.6. The van der Waals surface area contributed by atoms with Gasteiger partial charge in [0.1, 0.15) is 11.5 Å². The van der Waals surface area contributed by atoms with Crippen LogP contribution in [0, 0.1) is 0 Å². The minimum absolute atomic E-state index is 0.152. The van der Waals surface area contributed by atoms with Crippen molar-refractivity contribution in [2.75, 3.05) is 26.1 Å². The molecule has 0 aliphatic heterocycles. The first-order valence-electron chi connectivity index (χ1n) is 7.12. The molecule has 2 aromatic rings. The minimum Gasteiger partial charge on any atom is -0.497 e. The third-order valence-electron chi connectivity index (χ3n) is 3.03. The quantitative estimate of drug-likeness (QED) is 0.759. The third-order valence-corrected chi connectivity index (χ3v) is 3.03. The Morgan fingerprint density at radius 1 is 1.00 bits per heavy atom. The molecule has 0 saturated carbocycles. The molecule has 0 radical (unpaired) electrons. The summed E-state index contributed by atoms with van der Waals surface area (Å²) < 4.78 is 10.5. The number of methoxy groups -OCH3 is 1. The van der Waals surface area contributed by atoms with E-state index in [2.05, 4.69) is 15.6 Å². The molecule has 0 fully saturated rings. The molecule has 0 saturated heterocycles. The molecule has 0 bridgehead atoms. The molecule has 0 aromatic heterocycles. The Morgan fingerprint density at radius 2 is 1.75 bits per heavy atom. The zero-order chi connectivity index (χ0) is 17.4. The van der Waals surface area contributed by atoms with Gasteiger partial charge < -0.3 is 14.8 Å². The van der Waals surface area contributed by atoms with Gasteiger partial charge >= 0.3 is 0 Å². The van der Waals surface area contributed by atoms with Crippen molar-refractivity contribution in [3.63, 3.8) is 0 Å². The van der Waals surface area contributed by atoms with Gasteiger partial charge in [-0.05, 0) is 36.4 Å². The van der Waals surface area contributed by atoms with Crippen LogP contribution < -0.4 is 20.3 Å². The molecule has 0 atom stereocenters. The molecule has 2 amide bonds. The maximum absolute atomic E-state index is 11.9. The lowest BCUT2D eigenvalue weighted by molar-refractivity contribution is -0.118. The van der Waals surface area contributed by atoms with E-state index >= 15 is 0 Å². The highest BCUT2D eigenvalue weighted by molar-refractivity contribution is 5.93. The van der Waals surface area contributed by atoms with Crippen LogP contribution in [0.1, 0.15) is 10.4 Å². The smallest absolute Gasteiger partial charge is 0.274 e. The molecule has 0 aliphatic rings. The number of amides is 2. The van der Waals surface area contributed by atoms with Gasteiger partial charge in [-0.1, -0.05) is 6.07 Å². The van der Waals surface area contributed by atoms with Crippen molar-refractivity contribution in [3.8, 4) is 11.5 Å². The number of hydroxylamine groups is 1. The summed E-state index contributed by atoms with van der Waals surface area (Å²) in [5.74, 6) is 0.465. The minimum atomic E-state index is -0.361. The maximum atomic E-state index is 11.9. The van der Waals surface area contributed by atoms with Gasteiger partial charge in [-0.15, -0.1) is 0 Å². The molecular formula is C17H18N2O5. The molecule has 2 N–H and O–H groups in total. The third kappa shape index (κ3) is 4.99. The average molecular weight is 330 g/mol. The van der Waals surface area contributed by atoms with E-state index in [1.165, 1.54) is 7.11 Å². The van der Waals surface area contributed by atoms with E-state index in [-0.39, 0.29) is 18.4 Å². The Hall–Kier alpha value is -3.06. The topological polar surface area (TPSA) is 85.9 Å². The molecule has 0 spiro atoms. The summed E-state index contributed by atoms with van der Waals surface area (Å²) in [5, 5.41) is 2.71. The Morgan fingerprint density at radius 3 is 2.42 bits per heavy atom. The van der Waals surface area contributed by atoms with Crippen molar-refractivity contribution in [2.45, 2.75) is 0 Å². The fraction of sp³-hybridized carbons (Fsp3) is 0.176. The van der Waals surface area contributed by atoms with Crippen LogP contribution in [0.5, 0.6) is 11.5 Å². The highest BCUT2D eigenvalue weighted by atomic mass is 16.6. The zero-order valence-corrected chi connectivity index (χ0v) is 13.4. The Balaban J connectivity index is 1.86. The second kappa shape index (κ2) is 8.54. The fourth-order valence-electron chi connectivity index (χ4n) is 1.90. The number of anilines is 1.